The number of amides is 2. The highest BCUT2D eigenvalue weighted by Gasteiger charge is 2.27. The highest BCUT2D eigenvalue weighted by Crippen LogP contribution is 2.32. The summed E-state index contributed by atoms with van der Waals surface area (Å²) in [6.45, 7) is 0. The largest absolute Gasteiger partial charge is 0.296 e. The Morgan fingerprint density at radius 2 is 1.88 bits per heavy atom. The van der Waals surface area contributed by atoms with Crippen molar-refractivity contribution in [1.82, 2.24) is 5.32 Å². The summed E-state index contributed by atoms with van der Waals surface area (Å²) in [5.41, 5.74) is 0.796. The van der Waals surface area contributed by atoms with Crippen molar-refractivity contribution in [3.8, 4) is 0 Å². The molecule has 1 N–H and O–H groups in total. The smallest absolute Gasteiger partial charge is 0.227 e. The number of benzene rings is 1. The van der Waals surface area contributed by atoms with Crippen molar-refractivity contribution in [3.05, 3.63) is 34.1 Å². The van der Waals surface area contributed by atoms with Crippen LogP contribution >= 0.6 is 15.9 Å². The molecule has 5 heteroatoms. The van der Waals surface area contributed by atoms with Crippen molar-refractivity contribution in [2.45, 2.75) is 18.8 Å². The summed E-state index contributed by atoms with van der Waals surface area (Å²) in [6.07, 6.45) is 0.520. The summed E-state index contributed by atoms with van der Waals surface area (Å²) < 4.78 is 13.5. The Hall–Kier alpha value is -1.23. The molecule has 1 aliphatic rings. The number of halogens is 2. The van der Waals surface area contributed by atoms with Crippen molar-refractivity contribution in [2.75, 3.05) is 0 Å². The zero-order valence-corrected chi connectivity index (χ0v) is 9.88. The average Bonchev–Trinajstić information content (AvgIpc) is 2.15. The van der Waals surface area contributed by atoms with Crippen molar-refractivity contribution in [1.29, 1.82) is 0 Å². The average molecular weight is 286 g/mol. The number of hydrogen-bond donors (Lipinski definition) is 1. The molecule has 1 aromatic carbocycles. The molecule has 3 nitrogen and oxygen atoms in total. The Morgan fingerprint density at radius 1 is 1.25 bits per heavy atom. The van der Waals surface area contributed by atoms with E-state index in [4.69, 9.17) is 0 Å². The fourth-order valence-corrected chi connectivity index (χ4v) is 2.50. The Morgan fingerprint density at radius 3 is 2.44 bits per heavy atom. The Balaban J connectivity index is 2.29. The van der Waals surface area contributed by atoms with E-state index in [1.165, 1.54) is 12.1 Å². The summed E-state index contributed by atoms with van der Waals surface area (Å²) in [5.74, 6) is -1.08. The van der Waals surface area contributed by atoms with Gasteiger partial charge < -0.3 is 0 Å². The minimum absolute atomic E-state index is 0.170. The number of carbonyl (C=O) groups excluding carboxylic acids is 2. The Labute approximate surface area is 100 Å². The van der Waals surface area contributed by atoms with Crippen molar-refractivity contribution < 1.29 is 14.0 Å². The van der Waals surface area contributed by atoms with Crippen LogP contribution in [0.5, 0.6) is 0 Å². The molecule has 2 rings (SSSR count). The van der Waals surface area contributed by atoms with Gasteiger partial charge >= 0.3 is 0 Å². The van der Waals surface area contributed by atoms with Crippen LogP contribution in [-0.2, 0) is 9.59 Å². The third-order valence-corrected chi connectivity index (χ3v) is 3.23. The molecule has 0 bridgehead atoms. The lowest BCUT2D eigenvalue weighted by atomic mass is 9.89. The number of nitrogens with one attached hydrogen (secondary N) is 1. The monoisotopic (exact) mass is 285 g/mol. The van der Waals surface area contributed by atoms with E-state index in [0.29, 0.717) is 4.47 Å². The van der Waals surface area contributed by atoms with Crippen LogP contribution in [0.4, 0.5) is 4.39 Å². The number of rotatable bonds is 1. The van der Waals surface area contributed by atoms with E-state index in [0.717, 1.165) is 5.56 Å². The van der Waals surface area contributed by atoms with Gasteiger partial charge in [0.2, 0.25) is 11.8 Å². The first-order chi connectivity index (χ1) is 7.56. The molecule has 0 aromatic heterocycles. The molecule has 1 saturated heterocycles. The molecule has 84 valence electrons. The molecular weight excluding hydrogens is 277 g/mol. The van der Waals surface area contributed by atoms with Crippen LogP contribution < -0.4 is 5.32 Å². The van der Waals surface area contributed by atoms with E-state index in [9.17, 15) is 14.0 Å². The fourth-order valence-electron chi connectivity index (χ4n) is 1.83. The van der Waals surface area contributed by atoms with Gasteiger partial charge in [0.25, 0.3) is 0 Å². The molecule has 0 saturated carbocycles. The maximum atomic E-state index is 12.9. The molecular formula is C11H9BrFNO2. The summed E-state index contributed by atoms with van der Waals surface area (Å²) in [4.78, 5) is 22.4. The van der Waals surface area contributed by atoms with Crippen LogP contribution in [-0.4, -0.2) is 11.8 Å². The predicted octanol–water partition coefficient (Wildman–Crippen LogP) is 2.11. The van der Waals surface area contributed by atoms with E-state index < -0.39 is 0 Å². The quantitative estimate of drug-likeness (QED) is 0.804. The summed E-state index contributed by atoms with van der Waals surface area (Å²) in [7, 11) is 0. The van der Waals surface area contributed by atoms with E-state index in [1.54, 1.807) is 6.07 Å². The zero-order chi connectivity index (χ0) is 11.7. The molecule has 0 radical (unpaired) electrons. The lowest BCUT2D eigenvalue weighted by Crippen LogP contribution is -2.37. The van der Waals surface area contributed by atoms with Crippen molar-refractivity contribution in [2.24, 2.45) is 0 Å². The first-order valence-electron chi connectivity index (χ1n) is 4.84. The second kappa shape index (κ2) is 4.33. The Kier molecular flexibility index (Phi) is 3.05. The van der Waals surface area contributed by atoms with E-state index in [1.807, 2.05) is 0 Å². The highest BCUT2D eigenvalue weighted by molar-refractivity contribution is 9.10. The van der Waals surface area contributed by atoms with Crippen molar-refractivity contribution in [3.63, 3.8) is 0 Å². The van der Waals surface area contributed by atoms with Gasteiger partial charge in [0, 0.05) is 23.2 Å². The van der Waals surface area contributed by atoms with Gasteiger partial charge in [0.05, 0.1) is 0 Å². The van der Waals surface area contributed by atoms with E-state index in [2.05, 4.69) is 21.2 Å². The van der Waals surface area contributed by atoms with Gasteiger partial charge in [-0.3, -0.25) is 14.9 Å². The molecule has 1 heterocycles. The first kappa shape index (κ1) is 11.3. The van der Waals surface area contributed by atoms with E-state index in [-0.39, 0.29) is 36.4 Å². The molecule has 1 aromatic rings. The predicted molar refractivity (Wildman–Crippen MR) is 59.2 cm³/mol. The molecule has 0 spiro atoms. The van der Waals surface area contributed by atoms with Crippen LogP contribution in [0.25, 0.3) is 0 Å². The maximum absolute atomic E-state index is 12.9. The molecule has 2 amide bonds. The summed E-state index contributed by atoms with van der Waals surface area (Å²) in [5, 5.41) is 2.24. The minimum atomic E-state index is -0.345. The molecule has 16 heavy (non-hydrogen) atoms. The molecule has 1 fully saturated rings. The highest BCUT2D eigenvalue weighted by atomic mass is 79.9. The standard InChI is InChI=1S/C11H9BrFNO2/c12-9-5-7(13)1-2-8(9)6-3-10(15)14-11(16)4-6/h1-2,5-6H,3-4H2,(H,14,15,16). The van der Waals surface area contributed by atoms with Gasteiger partial charge in [0.1, 0.15) is 5.82 Å². The maximum Gasteiger partial charge on any atom is 0.227 e. The van der Waals surface area contributed by atoms with Gasteiger partial charge in [-0.2, -0.15) is 0 Å². The molecule has 1 aliphatic heterocycles. The molecule has 0 atom stereocenters. The summed E-state index contributed by atoms with van der Waals surface area (Å²) >= 11 is 3.24. The van der Waals surface area contributed by atoms with Crippen molar-refractivity contribution >= 4 is 27.7 Å². The van der Waals surface area contributed by atoms with Crippen LogP contribution in [0, 0.1) is 5.82 Å². The first-order valence-corrected chi connectivity index (χ1v) is 5.63. The zero-order valence-electron chi connectivity index (χ0n) is 8.30. The minimum Gasteiger partial charge on any atom is -0.296 e. The normalized spacial score (nSPS) is 17.4. The third-order valence-electron chi connectivity index (χ3n) is 2.54. The van der Waals surface area contributed by atoms with E-state index >= 15 is 0 Å². The number of carbonyl (C=O) groups is 2. The SMILES string of the molecule is O=C1CC(c2ccc(F)cc2Br)CC(=O)N1. The number of piperidine rings is 1. The van der Waals surface area contributed by atoms with Gasteiger partial charge in [-0.25, -0.2) is 4.39 Å². The topological polar surface area (TPSA) is 46.2 Å². The van der Waals surface area contributed by atoms with Crippen LogP contribution in [0.15, 0.2) is 22.7 Å². The molecule has 0 aliphatic carbocycles. The van der Waals surface area contributed by atoms with Crippen LogP contribution in [0.3, 0.4) is 0 Å². The number of imide groups is 1. The van der Waals surface area contributed by atoms with Gasteiger partial charge in [0.15, 0.2) is 0 Å². The third kappa shape index (κ3) is 2.29. The Bertz CT molecular complexity index is 445. The summed E-state index contributed by atoms with van der Waals surface area (Å²) in [6, 6.07) is 4.28. The van der Waals surface area contributed by atoms with Gasteiger partial charge in [-0.1, -0.05) is 22.0 Å². The second-order valence-corrected chi connectivity index (χ2v) is 4.60. The molecule has 0 unspecified atom stereocenters. The van der Waals surface area contributed by atoms with Crippen LogP contribution in [0.2, 0.25) is 0 Å². The second-order valence-electron chi connectivity index (χ2n) is 3.74. The lowest BCUT2D eigenvalue weighted by Gasteiger charge is -2.22. The number of hydrogen-bond acceptors (Lipinski definition) is 2. The van der Waals surface area contributed by atoms with Gasteiger partial charge in [-0.15, -0.1) is 0 Å². The van der Waals surface area contributed by atoms with Gasteiger partial charge in [-0.05, 0) is 17.7 Å². The fraction of sp³-hybridized carbons (Fsp3) is 0.273. The van der Waals surface area contributed by atoms with Crippen LogP contribution in [0.1, 0.15) is 24.3 Å². The lowest BCUT2D eigenvalue weighted by molar-refractivity contribution is -0.133.